The maximum absolute atomic E-state index is 15.2. The minimum absolute atomic E-state index is 0.0641. The van der Waals surface area contributed by atoms with E-state index in [0.29, 0.717) is 12.0 Å². The molecule has 3 aliphatic rings. The first-order valence-corrected chi connectivity index (χ1v) is 21.3. The van der Waals surface area contributed by atoms with Gasteiger partial charge in [-0.1, -0.05) is 78.9 Å². The molecule has 3 aromatic rings. The molecule has 3 aromatic carbocycles. The molecule has 5 atom stereocenters. The molecule has 0 aromatic heterocycles. The van der Waals surface area contributed by atoms with E-state index >= 15 is 4.79 Å². The van der Waals surface area contributed by atoms with Gasteiger partial charge in [-0.3, -0.25) is 19.7 Å². The van der Waals surface area contributed by atoms with Crippen molar-refractivity contribution in [2.45, 2.75) is 87.1 Å². The van der Waals surface area contributed by atoms with Gasteiger partial charge >= 0.3 is 12.1 Å². The van der Waals surface area contributed by atoms with Gasteiger partial charge in [-0.15, -0.1) is 0 Å². The second kappa shape index (κ2) is 17.5. The number of nitrogens with one attached hydrogen (secondary N) is 2. The first-order valence-electron chi connectivity index (χ1n) is 19.9. The topological polar surface area (TPSA) is 204 Å². The quantitative estimate of drug-likeness (QED) is 0.126. The van der Waals surface area contributed by atoms with Crippen LogP contribution in [0.15, 0.2) is 95.9 Å². The molecule has 1 aliphatic carbocycles. The zero-order valence-corrected chi connectivity index (χ0v) is 35.1. The van der Waals surface area contributed by atoms with Crippen molar-refractivity contribution >= 4 is 39.6 Å². The summed E-state index contributed by atoms with van der Waals surface area (Å²) in [6, 6.07) is 19.1. The van der Waals surface area contributed by atoms with Gasteiger partial charge in [-0.2, -0.15) is 4.31 Å². The van der Waals surface area contributed by atoms with Crippen molar-refractivity contribution in [2.24, 2.45) is 5.92 Å². The minimum Gasteiger partial charge on any atom is -0.464 e. The lowest BCUT2D eigenvalue weighted by molar-refractivity contribution is -0.387. The number of hydrogen-bond acceptors (Lipinski definition) is 11. The number of allylic oxidation sites excluding steroid dienone is 1. The van der Waals surface area contributed by atoms with E-state index in [2.05, 4.69) is 10.6 Å². The fourth-order valence-electron chi connectivity index (χ4n) is 7.88. The maximum Gasteiger partial charge on any atom is 0.408 e. The third-order valence-corrected chi connectivity index (χ3v) is 12.9. The van der Waals surface area contributed by atoms with Crippen LogP contribution in [0.2, 0.25) is 0 Å². The van der Waals surface area contributed by atoms with Crippen LogP contribution >= 0.6 is 0 Å². The molecule has 320 valence electrons. The predicted molar refractivity (Wildman–Crippen MR) is 220 cm³/mol. The van der Waals surface area contributed by atoms with E-state index in [-0.39, 0.29) is 39.0 Å². The van der Waals surface area contributed by atoms with Crippen LogP contribution in [0.3, 0.4) is 0 Å². The normalized spacial score (nSPS) is 25.7. The van der Waals surface area contributed by atoms with Crippen LogP contribution in [0.25, 0.3) is 11.1 Å². The SMILES string of the molecule is CCOC(=O)[C@@]12C[C@H]1/C=C\CCCN(S(=O)(=O)c1ccccc1[N+](=O)[O-])C[C@H](NC(=O)OC(C)(C)C)C(=O)N1C[C@](OC)(c3ccc(-c4ccccc4)cc3)C[C@H]1C(=O)N2. The molecule has 1 saturated heterocycles. The lowest BCUT2D eigenvalue weighted by atomic mass is 9.89. The summed E-state index contributed by atoms with van der Waals surface area (Å²) in [6.07, 6.45) is 3.14. The summed E-state index contributed by atoms with van der Waals surface area (Å²) in [7, 11) is -3.24. The van der Waals surface area contributed by atoms with E-state index in [1.54, 1.807) is 39.8 Å². The van der Waals surface area contributed by atoms with Gasteiger partial charge in [-0.25, -0.2) is 18.0 Å². The number of rotatable bonds is 9. The molecule has 0 radical (unpaired) electrons. The molecule has 6 rings (SSSR count). The molecule has 16 nitrogen and oxygen atoms in total. The van der Waals surface area contributed by atoms with Crippen molar-refractivity contribution in [3.05, 3.63) is 107 Å². The third-order valence-electron chi connectivity index (χ3n) is 11.0. The zero-order valence-electron chi connectivity index (χ0n) is 34.3. The molecule has 60 heavy (non-hydrogen) atoms. The summed E-state index contributed by atoms with van der Waals surface area (Å²) in [5.41, 5.74) is -1.87. The van der Waals surface area contributed by atoms with Crippen molar-refractivity contribution < 1.29 is 46.7 Å². The van der Waals surface area contributed by atoms with Gasteiger partial charge in [0.1, 0.15) is 28.8 Å². The molecule has 17 heteroatoms. The number of nitrogens with zero attached hydrogens (tertiary/aromatic N) is 3. The Morgan fingerprint density at radius 1 is 0.983 bits per heavy atom. The van der Waals surface area contributed by atoms with E-state index in [1.165, 1.54) is 24.1 Å². The van der Waals surface area contributed by atoms with E-state index in [0.717, 1.165) is 27.6 Å². The summed E-state index contributed by atoms with van der Waals surface area (Å²) in [4.78, 5) is 68.7. The van der Waals surface area contributed by atoms with Crippen LogP contribution in [0.1, 0.15) is 58.9 Å². The second-order valence-electron chi connectivity index (χ2n) is 16.2. The Balaban J connectivity index is 1.47. The number of nitro benzene ring substituents is 1. The van der Waals surface area contributed by atoms with Gasteiger partial charge in [0.15, 0.2) is 4.90 Å². The smallest absolute Gasteiger partial charge is 0.408 e. The van der Waals surface area contributed by atoms with Gasteiger partial charge in [0.05, 0.1) is 18.1 Å². The highest BCUT2D eigenvalue weighted by Crippen LogP contribution is 2.47. The molecule has 0 bridgehead atoms. The average molecular weight is 846 g/mol. The number of sulfonamides is 1. The lowest BCUT2D eigenvalue weighted by Crippen LogP contribution is -2.59. The molecule has 0 spiro atoms. The zero-order chi connectivity index (χ0) is 43.5. The molecule has 2 heterocycles. The number of nitro groups is 1. The Hall–Kier alpha value is -5.65. The summed E-state index contributed by atoms with van der Waals surface area (Å²) in [5, 5.41) is 17.5. The standard InChI is InChI=1S/C43H51N5O11S/c1-6-58-39(51)43-25-32(43)17-11-8-14-24-46(60(55,56)36-19-13-12-18-34(36)48(53)54)27-33(44-40(52)59-41(2,3)4)38(50)47-28-42(57-5,26-35(47)37(49)45-43)31-22-20-30(21-23-31)29-15-9-7-10-16-29/h7,9-13,15-23,32-33,35H,6,8,14,24-28H2,1-5H3,(H,44,52)(H,45,49)/b17-11-/t32-,33+,35+,42+,43-/m1/s1. The highest BCUT2D eigenvalue weighted by Gasteiger charge is 2.63. The van der Waals surface area contributed by atoms with Gasteiger partial charge in [-0.05, 0) is 69.7 Å². The van der Waals surface area contributed by atoms with Crippen LogP contribution < -0.4 is 10.6 Å². The van der Waals surface area contributed by atoms with Crippen LogP contribution in [0.5, 0.6) is 0 Å². The number of para-hydroxylation sites is 1. The van der Waals surface area contributed by atoms with Crippen molar-refractivity contribution in [2.75, 3.05) is 33.4 Å². The number of methoxy groups -OCH3 is 1. The molecule has 1 saturated carbocycles. The monoisotopic (exact) mass is 845 g/mol. The number of alkyl carbamates (subject to hydrolysis) is 1. The molecule has 0 unspecified atom stereocenters. The molecule has 3 amide bonds. The number of carbonyl (C=O) groups excluding carboxylic acids is 4. The van der Waals surface area contributed by atoms with Crippen molar-refractivity contribution in [3.63, 3.8) is 0 Å². The van der Waals surface area contributed by atoms with Crippen molar-refractivity contribution in [3.8, 4) is 11.1 Å². The van der Waals surface area contributed by atoms with E-state index in [9.17, 15) is 32.9 Å². The highest BCUT2D eigenvalue weighted by atomic mass is 32.2. The largest absolute Gasteiger partial charge is 0.464 e. The number of esters is 1. The van der Waals surface area contributed by atoms with Gasteiger partial charge < -0.3 is 29.7 Å². The summed E-state index contributed by atoms with van der Waals surface area (Å²) in [6.45, 7) is 5.45. The molecule has 2 N–H and O–H groups in total. The van der Waals surface area contributed by atoms with Gasteiger partial charge in [0, 0.05) is 38.6 Å². The number of amides is 3. The summed E-state index contributed by atoms with van der Waals surface area (Å²) in [5.74, 6) is -2.62. The van der Waals surface area contributed by atoms with E-state index in [1.807, 2.05) is 54.6 Å². The fourth-order valence-corrected chi connectivity index (χ4v) is 9.53. The number of hydrogen-bond donors (Lipinski definition) is 2. The van der Waals surface area contributed by atoms with Gasteiger partial charge in [0.2, 0.25) is 21.8 Å². The van der Waals surface area contributed by atoms with Crippen LogP contribution in [0.4, 0.5) is 10.5 Å². The maximum atomic E-state index is 15.2. The van der Waals surface area contributed by atoms with Crippen molar-refractivity contribution in [1.82, 2.24) is 19.8 Å². The summed E-state index contributed by atoms with van der Waals surface area (Å²) < 4.78 is 47.0. The average Bonchev–Trinajstić information content (AvgIpc) is 3.76. The Morgan fingerprint density at radius 2 is 1.65 bits per heavy atom. The van der Waals surface area contributed by atoms with Crippen LogP contribution in [0, 0.1) is 16.0 Å². The third kappa shape index (κ3) is 9.22. The molecular weight excluding hydrogens is 795 g/mol. The second-order valence-corrected chi connectivity index (χ2v) is 18.1. The Bertz CT molecular complexity index is 2250. The number of carbonyl (C=O) groups is 4. The number of benzene rings is 3. The number of fused-ring (bicyclic) bond motifs is 2. The molecule has 2 fully saturated rings. The Labute approximate surface area is 349 Å². The van der Waals surface area contributed by atoms with E-state index < -0.39 is 90.7 Å². The Morgan fingerprint density at radius 3 is 2.30 bits per heavy atom. The first kappa shape index (κ1) is 43.9. The lowest BCUT2D eigenvalue weighted by Gasteiger charge is -2.33. The van der Waals surface area contributed by atoms with Crippen LogP contribution in [-0.2, 0) is 44.2 Å². The summed E-state index contributed by atoms with van der Waals surface area (Å²) >= 11 is 0. The fraction of sp³-hybridized carbons (Fsp3) is 0.442. The van der Waals surface area contributed by atoms with Crippen molar-refractivity contribution in [1.29, 1.82) is 0 Å². The first-order chi connectivity index (χ1) is 28.4. The van der Waals surface area contributed by atoms with Gasteiger partial charge in [0.25, 0.3) is 5.69 Å². The highest BCUT2D eigenvalue weighted by molar-refractivity contribution is 7.89. The van der Waals surface area contributed by atoms with Crippen LogP contribution in [-0.4, -0.2) is 103 Å². The van der Waals surface area contributed by atoms with E-state index in [4.69, 9.17) is 14.2 Å². The molecule has 2 aliphatic heterocycles. The predicted octanol–water partition coefficient (Wildman–Crippen LogP) is 5.08. The molecular formula is C43H51N5O11S. The number of ether oxygens (including phenoxy) is 3. The minimum atomic E-state index is -4.70. The Kier molecular flexibility index (Phi) is 12.8.